The lowest BCUT2D eigenvalue weighted by molar-refractivity contribution is -0.137. The lowest BCUT2D eigenvalue weighted by Crippen LogP contribution is -2.41. The van der Waals surface area contributed by atoms with Gasteiger partial charge in [-0.1, -0.05) is 43.6 Å². The maximum atomic E-state index is 13.5. The Morgan fingerprint density at radius 3 is 2.50 bits per heavy atom. The first-order valence-electron chi connectivity index (χ1n) is 10.9. The molecule has 1 aliphatic heterocycles. The van der Waals surface area contributed by atoms with E-state index < -0.39 is 29.5 Å². The highest BCUT2D eigenvalue weighted by atomic mass is 35.5. The smallest absolute Gasteiger partial charge is 0.325 e. The number of rotatable bonds is 3. The number of hydrogen-bond acceptors (Lipinski definition) is 3. The Bertz CT molecular complexity index is 1230. The number of carbonyl (C=O) groups is 2. The van der Waals surface area contributed by atoms with E-state index in [1.165, 1.54) is 12.1 Å². The summed E-state index contributed by atoms with van der Waals surface area (Å²) in [5.74, 6) is -2.13. The Kier molecular flexibility index (Phi) is 6.19. The minimum absolute atomic E-state index is 0.0216. The van der Waals surface area contributed by atoms with Gasteiger partial charge in [-0.3, -0.25) is 14.6 Å². The second kappa shape index (κ2) is 8.69. The van der Waals surface area contributed by atoms with E-state index in [1.54, 1.807) is 31.2 Å². The molecule has 2 atom stereocenters. The molecule has 0 bridgehead atoms. The minimum Gasteiger partial charge on any atom is -0.325 e. The first-order valence-corrected chi connectivity index (χ1v) is 11.3. The highest BCUT2D eigenvalue weighted by Gasteiger charge is 2.45. The van der Waals surface area contributed by atoms with Crippen molar-refractivity contribution >= 4 is 34.7 Å². The molecule has 0 saturated carbocycles. The summed E-state index contributed by atoms with van der Waals surface area (Å²) in [6, 6.07) is 11.4. The molecule has 4 nitrogen and oxygen atoms in total. The van der Waals surface area contributed by atoms with E-state index in [2.05, 4.69) is 10.3 Å². The van der Waals surface area contributed by atoms with Crippen LogP contribution in [0.5, 0.6) is 0 Å². The van der Waals surface area contributed by atoms with Crippen molar-refractivity contribution in [1.29, 1.82) is 0 Å². The van der Waals surface area contributed by atoms with Gasteiger partial charge in [0.2, 0.25) is 5.91 Å². The van der Waals surface area contributed by atoms with Crippen molar-refractivity contribution in [2.24, 2.45) is 16.3 Å². The molecule has 1 heterocycles. The van der Waals surface area contributed by atoms with Crippen molar-refractivity contribution in [3.05, 3.63) is 76.0 Å². The molecule has 0 fully saturated rings. The predicted octanol–water partition coefficient (Wildman–Crippen LogP) is 6.82. The number of benzene rings is 2. The molecule has 4 rings (SSSR count). The maximum absolute atomic E-state index is 13.5. The molecule has 178 valence electrons. The van der Waals surface area contributed by atoms with E-state index in [0.29, 0.717) is 40.4 Å². The number of Topliss-reactive ketones (excluding diaryl/α,β-unsaturated/α-hetero) is 1. The van der Waals surface area contributed by atoms with Crippen molar-refractivity contribution < 1.29 is 22.8 Å². The average Bonchev–Trinajstić information content (AvgIpc) is 2.71. The lowest BCUT2D eigenvalue weighted by Gasteiger charge is -2.39. The van der Waals surface area contributed by atoms with Crippen molar-refractivity contribution in [1.82, 2.24) is 0 Å². The van der Waals surface area contributed by atoms with Gasteiger partial charge in [0.1, 0.15) is 0 Å². The summed E-state index contributed by atoms with van der Waals surface area (Å²) in [6.07, 6.45) is -3.63. The largest absolute Gasteiger partial charge is 0.416 e. The number of nitrogens with one attached hydrogen (secondary N) is 1. The zero-order chi connectivity index (χ0) is 24.8. The molecule has 2 aromatic carbocycles. The number of alkyl halides is 3. The van der Waals surface area contributed by atoms with Crippen LogP contribution in [-0.2, 0) is 15.8 Å². The third kappa shape index (κ3) is 4.80. The van der Waals surface area contributed by atoms with Crippen LogP contribution in [0.1, 0.15) is 50.7 Å². The molecule has 0 spiro atoms. The van der Waals surface area contributed by atoms with E-state index in [0.717, 1.165) is 12.1 Å². The summed E-state index contributed by atoms with van der Waals surface area (Å²) in [6.45, 7) is 5.71. The normalized spacial score (nSPS) is 22.2. The van der Waals surface area contributed by atoms with E-state index in [4.69, 9.17) is 11.6 Å². The van der Waals surface area contributed by atoms with E-state index in [-0.39, 0.29) is 16.9 Å². The van der Waals surface area contributed by atoms with Gasteiger partial charge in [-0.2, -0.15) is 13.2 Å². The third-order valence-electron chi connectivity index (χ3n) is 6.25. The maximum Gasteiger partial charge on any atom is 0.416 e. The van der Waals surface area contributed by atoms with Crippen LogP contribution in [0.2, 0.25) is 5.02 Å². The molecule has 34 heavy (non-hydrogen) atoms. The van der Waals surface area contributed by atoms with Crippen molar-refractivity contribution in [3.63, 3.8) is 0 Å². The summed E-state index contributed by atoms with van der Waals surface area (Å²) in [7, 11) is 0. The van der Waals surface area contributed by atoms with Gasteiger partial charge in [0.15, 0.2) is 5.78 Å². The number of allylic oxidation sites excluding steroid dienone is 2. The summed E-state index contributed by atoms with van der Waals surface area (Å²) in [4.78, 5) is 31.4. The van der Waals surface area contributed by atoms with Crippen molar-refractivity contribution in [2.75, 3.05) is 5.32 Å². The van der Waals surface area contributed by atoms with Crippen LogP contribution in [0.15, 0.2) is 64.8 Å². The number of aliphatic imine (C=N–C) groups is 1. The topological polar surface area (TPSA) is 58.5 Å². The molecule has 0 radical (unpaired) electrons. The van der Waals surface area contributed by atoms with Crippen LogP contribution in [0.3, 0.4) is 0 Å². The van der Waals surface area contributed by atoms with Gasteiger partial charge in [-0.05, 0) is 54.7 Å². The minimum atomic E-state index is -4.53. The van der Waals surface area contributed by atoms with Gasteiger partial charge in [-0.15, -0.1) is 0 Å². The standard InChI is InChI=1S/C26H24ClF3N2O2/c1-14-21(24(34)32-18-9-5-7-16(11-18)26(28,29)30)22(15-6-4-8-17(27)10-15)23-19(31-14)12-25(2,3)13-20(23)33/h4-11,21-22H,12-13H2,1-3H3,(H,32,34)/t21?,22-/m0/s1. The van der Waals surface area contributed by atoms with Crippen molar-refractivity contribution in [2.45, 2.75) is 45.7 Å². The second-order valence-electron chi connectivity index (χ2n) is 9.63. The molecule has 1 unspecified atom stereocenters. The Hall–Kier alpha value is -2.93. The molecule has 0 aromatic heterocycles. The Balaban J connectivity index is 1.77. The van der Waals surface area contributed by atoms with Crippen molar-refractivity contribution in [3.8, 4) is 0 Å². The molecule has 2 aliphatic rings. The quantitative estimate of drug-likeness (QED) is 0.515. The van der Waals surface area contributed by atoms with Crippen LogP contribution in [-0.4, -0.2) is 17.4 Å². The molecule has 8 heteroatoms. The van der Waals surface area contributed by atoms with Gasteiger partial charge in [0.05, 0.1) is 11.5 Å². The van der Waals surface area contributed by atoms with E-state index in [1.807, 2.05) is 13.8 Å². The Labute approximate surface area is 200 Å². The molecule has 2 aromatic rings. The molecule has 0 saturated heterocycles. The van der Waals surface area contributed by atoms with Crippen LogP contribution in [0, 0.1) is 11.3 Å². The van der Waals surface area contributed by atoms with Gasteiger partial charge < -0.3 is 5.32 Å². The predicted molar refractivity (Wildman–Crippen MR) is 126 cm³/mol. The second-order valence-corrected chi connectivity index (χ2v) is 10.1. The Morgan fingerprint density at radius 2 is 1.82 bits per heavy atom. The highest BCUT2D eigenvalue weighted by molar-refractivity contribution is 6.30. The molecule has 1 amide bonds. The third-order valence-corrected chi connectivity index (χ3v) is 6.48. The summed E-state index contributed by atoms with van der Waals surface area (Å²) >= 11 is 6.24. The summed E-state index contributed by atoms with van der Waals surface area (Å²) in [5.41, 5.74) is 1.23. The fourth-order valence-corrected chi connectivity index (χ4v) is 5.04. The average molecular weight is 489 g/mol. The Morgan fingerprint density at radius 1 is 1.12 bits per heavy atom. The number of carbonyl (C=O) groups excluding carboxylic acids is 2. The first kappa shape index (κ1) is 24.2. The zero-order valence-corrected chi connectivity index (χ0v) is 19.7. The summed E-state index contributed by atoms with van der Waals surface area (Å²) < 4.78 is 39.4. The number of amides is 1. The molecular weight excluding hydrogens is 465 g/mol. The number of nitrogens with zero attached hydrogens (tertiary/aromatic N) is 1. The molecular formula is C26H24ClF3N2O2. The van der Waals surface area contributed by atoms with Crippen LogP contribution >= 0.6 is 11.6 Å². The highest BCUT2D eigenvalue weighted by Crippen LogP contribution is 2.48. The van der Waals surface area contributed by atoms with Gasteiger partial charge in [0, 0.05) is 40.0 Å². The van der Waals surface area contributed by atoms with Gasteiger partial charge in [0.25, 0.3) is 0 Å². The molecule has 1 N–H and O–H groups in total. The SMILES string of the molecule is CC1=NC2=C(C(=O)CC(C)(C)C2)[C@@H](c2cccc(Cl)c2)C1C(=O)Nc1cccc(C(F)(F)F)c1. The first-order chi connectivity index (χ1) is 15.9. The van der Waals surface area contributed by atoms with Gasteiger partial charge in [-0.25, -0.2) is 0 Å². The van der Waals surface area contributed by atoms with E-state index in [9.17, 15) is 22.8 Å². The number of anilines is 1. The fraction of sp³-hybridized carbons (Fsp3) is 0.346. The fourth-order valence-electron chi connectivity index (χ4n) is 4.84. The zero-order valence-electron chi connectivity index (χ0n) is 19.0. The van der Waals surface area contributed by atoms with E-state index >= 15 is 0 Å². The van der Waals surface area contributed by atoms with Crippen LogP contribution < -0.4 is 5.32 Å². The lowest BCUT2D eigenvalue weighted by atomic mass is 9.66. The molecule has 1 aliphatic carbocycles. The van der Waals surface area contributed by atoms with Gasteiger partial charge >= 0.3 is 6.18 Å². The monoisotopic (exact) mass is 488 g/mol. The van der Waals surface area contributed by atoms with Crippen LogP contribution in [0.4, 0.5) is 18.9 Å². The van der Waals surface area contributed by atoms with Crippen LogP contribution in [0.25, 0.3) is 0 Å². The summed E-state index contributed by atoms with van der Waals surface area (Å²) in [5, 5.41) is 3.07. The number of halogens is 4. The number of hydrogen-bond donors (Lipinski definition) is 1. The number of ketones is 1.